The van der Waals surface area contributed by atoms with E-state index in [2.05, 4.69) is 184 Å². The van der Waals surface area contributed by atoms with Crippen molar-refractivity contribution in [2.75, 3.05) is 0 Å². The summed E-state index contributed by atoms with van der Waals surface area (Å²) in [5.41, 5.74) is 17.6. The molecule has 0 saturated carbocycles. The molecule has 7 aromatic carbocycles. The number of aromatic nitrogens is 2. The lowest BCUT2D eigenvalue weighted by molar-refractivity contribution is 0.660. The summed E-state index contributed by atoms with van der Waals surface area (Å²) >= 11 is 0. The van der Waals surface area contributed by atoms with Gasteiger partial charge in [-0.15, -0.1) is 0 Å². The first kappa shape index (κ1) is 30.7. The van der Waals surface area contributed by atoms with E-state index < -0.39 is 0 Å². The van der Waals surface area contributed by atoms with Crippen molar-refractivity contribution in [2.45, 2.75) is 19.3 Å². The fraction of sp³-hybridized carbons (Fsp3) is 0.0612. The minimum Gasteiger partial charge on any atom is -0.228 e. The summed E-state index contributed by atoms with van der Waals surface area (Å²) in [4.78, 5) is 10.2. The molecule has 2 heteroatoms. The van der Waals surface area contributed by atoms with Gasteiger partial charge in [-0.2, -0.15) is 0 Å². The van der Waals surface area contributed by atoms with Gasteiger partial charge in [0.25, 0.3) is 0 Å². The first-order chi connectivity index (χ1) is 25.0. The predicted octanol–water partition coefficient (Wildman–Crippen LogP) is 12.8. The highest BCUT2D eigenvalue weighted by molar-refractivity contribution is 5.85. The molecule has 242 valence electrons. The van der Waals surface area contributed by atoms with Crippen LogP contribution in [-0.4, -0.2) is 9.97 Å². The highest BCUT2D eigenvalue weighted by atomic mass is 14.9. The molecule has 0 aliphatic heterocycles. The highest BCUT2D eigenvalue weighted by Gasteiger charge is 2.35. The molecule has 1 heterocycles. The van der Waals surface area contributed by atoms with E-state index in [1.165, 1.54) is 50.1 Å². The van der Waals surface area contributed by atoms with Gasteiger partial charge in [0, 0.05) is 22.1 Å². The lowest BCUT2D eigenvalue weighted by atomic mass is 9.82. The topological polar surface area (TPSA) is 25.8 Å². The van der Waals surface area contributed by atoms with Crippen molar-refractivity contribution in [3.63, 3.8) is 0 Å². The predicted molar refractivity (Wildman–Crippen MR) is 212 cm³/mol. The van der Waals surface area contributed by atoms with Crippen molar-refractivity contribution < 1.29 is 0 Å². The molecule has 1 aromatic heterocycles. The number of benzene rings is 7. The van der Waals surface area contributed by atoms with E-state index in [1.54, 1.807) is 0 Å². The van der Waals surface area contributed by atoms with Crippen molar-refractivity contribution in [2.24, 2.45) is 0 Å². The van der Waals surface area contributed by atoms with E-state index in [9.17, 15) is 0 Å². The Morgan fingerprint density at radius 1 is 0.314 bits per heavy atom. The smallest absolute Gasteiger partial charge is 0.160 e. The van der Waals surface area contributed by atoms with Crippen LogP contribution in [0.4, 0.5) is 0 Å². The van der Waals surface area contributed by atoms with Gasteiger partial charge in [-0.25, -0.2) is 9.97 Å². The summed E-state index contributed by atoms with van der Waals surface area (Å²) in [7, 11) is 0. The molecule has 0 N–H and O–H groups in total. The maximum atomic E-state index is 5.10. The fourth-order valence-corrected chi connectivity index (χ4v) is 7.53. The van der Waals surface area contributed by atoms with E-state index in [4.69, 9.17) is 9.97 Å². The van der Waals surface area contributed by atoms with Crippen LogP contribution in [0.2, 0.25) is 0 Å². The van der Waals surface area contributed by atoms with Crippen LogP contribution in [0.15, 0.2) is 182 Å². The lowest BCUT2D eigenvalue weighted by Gasteiger charge is -2.21. The zero-order chi connectivity index (χ0) is 34.4. The normalized spacial score (nSPS) is 12.7. The van der Waals surface area contributed by atoms with Crippen LogP contribution in [-0.2, 0) is 5.41 Å². The Bertz CT molecular complexity index is 2510. The van der Waals surface area contributed by atoms with Crippen LogP contribution in [0.3, 0.4) is 0 Å². The van der Waals surface area contributed by atoms with Crippen molar-refractivity contribution >= 4 is 0 Å². The highest BCUT2D eigenvalue weighted by Crippen LogP contribution is 2.49. The quantitative estimate of drug-likeness (QED) is 0.179. The molecule has 0 amide bonds. The molecule has 8 aromatic rings. The summed E-state index contributed by atoms with van der Waals surface area (Å²) in [6, 6.07) is 64.8. The van der Waals surface area contributed by atoms with Gasteiger partial charge in [-0.1, -0.05) is 178 Å². The summed E-state index contributed by atoms with van der Waals surface area (Å²) in [5, 5.41) is 0. The van der Waals surface area contributed by atoms with Gasteiger partial charge in [0.1, 0.15) is 0 Å². The third-order valence-electron chi connectivity index (χ3n) is 10.3. The molecule has 0 atom stereocenters. The monoisotopic (exact) mass is 652 g/mol. The van der Waals surface area contributed by atoms with Gasteiger partial charge in [0.05, 0.1) is 11.4 Å². The standard InChI is InChI=1S/C49H36N2/c1-49(2)44-19-10-9-18-42(44)43-31-41(28-29-45(43)49)40-17-11-16-39(30-40)35-22-26-38(27-23-35)48-50-46(36-14-7-4-8-15-36)32-47(51-48)37-24-20-34(21-25-37)33-12-5-3-6-13-33/h3-32H,1-2H3. The van der Waals surface area contributed by atoms with E-state index in [0.717, 1.165) is 33.6 Å². The van der Waals surface area contributed by atoms with Gasteiger partial charge in [-0.05, 0) is 73.8 Å². The number of hydrogen-bond acceptors (Lipinski definition) is 2. The van der Waals surface area contributed by atoms with Crippen LogP contribution in [0, 0.1) is 0 Å². The first-order valence-corrected chi connectivity index (χ1v) is 17.6. The molecule has 1 aliphatic carbocycles. The second-order valence-corrected chi connectivity index (χ2v) is 13.9. The molecule has 0 bridgehead atoms. The van der Waals surface area contributed by atoms with E-state index >= 15 is 0 Å². The van der Waals surface area contributed by atoms with Crippen molar-refractivity contribution in [3.05, 3.63) is 193 Å². The molecular weight excluding hydrogens is 617 g/mol. The van der Waals surface area contributed by atoms with E-state index in [-0.39, 0.29) is 5.41 Å². The first-order valence-electron chi connectivity index (χ1n) is 17.6. The average molecular weight is 653 g/mol. The number of rotatable bonds is 6. The Hall–Kier alpha value is -6.38. The second kappa shape index (κ2) is 12.5. The summed E-state index contributed by atoms with van der Waals surface area (Å²) < 4.78 is 0. The third-order valence-corrected chi connectivity index (χ3v) is 10.3. The number of fused-ring (bicyclic) bond motifs is 3. The Morgan fingerprint density at radius 3 is 1.43 bits per heavy atom. The summed E-state index contributed by atoms with van der Waals surface area (Å²) in [6.45, 7) is 4.66. The van der Waals surface area contributed by atoms with Gasteiger partial charge >= 0.3 is 0 Å². The van der Waals surface area contributed by atoms with Gasteiger partial charge < -0.3 is 0 Å². The molecule has 0 radical (unpaired) electrons. The lowest BCUT2D eigenvalue weighted by Crippen LogP contribution is -2.14. The van der Waals surface area contributed by atoms with Crippen LogP contribution >= 0.6 is 0 Å². The van der Waals surface area contributed by atoms with Crippen LogP contribution in [0.1, 0.15) is 25.0 Å². The van der Waals surface area contributed by atoms with Gasteiger partial charge in [-0.3, -0.25) is 0 Å². The summed E-state index contributed by atoms with van der Waals surface area (Å²) in [5.74, 6) is 0.708. The minimum atomic E-state index is 0.00609. The molecule has 0 saturated heterocycles. The molecule has 51 heavy (non-hydrogen) atoms. The second-order valence-electron chi connectivity index (χ2n) is 13.9. The Kier molecular flexibility index (Phi) is 7.51. The Labute approximate surface area is 299 Å². The van der Waals surface area contributed by atoms with E-state index in [0.29, 0.717) is 5.82 Å². The minimum absolute atomic E-state index is 0.00609. The van der Waals surface area contributed by atoms with Crippen LogP contribution in [0.25, 0.3) is 78.4 Å². The maximum absolute atomic E-state index is 5.10. The molecule has 0 unspecified atom stereocenters. The van der Waals surface area contributed by atoms with Gasteiger partial charge in [0.2, 0.25) is 0 Å². The zero-order valence-electron chi connectivity index (χ0n) is 28.7. The Morgan fingerprint density at radius 2 is 0.745 bits per heavy atom. The van der Waals surface area contributed by atoms with Crippen LogP contribution in [0.5, 0.6) is 0 Å². The number of nitrogens with zero attached hydrogens (tertiary/aromatic N) is 2. The van der Waals surface area contributed by atoms with Crippen molar-refractivity contribution in [1.29, 1.82) is 0 Å². The zero-order valence-corrected chi connectivity index (χ0v) is 28.7. The molecule has 0 spiro atoms. The molecule has 0 fully saturated rings. The summed E-state index contributed by atoms with van der Waals surface area (Å²) in [6.07, 6.45) is 0. The van der Waals surface area contributed by atoms with Crippen molar-refractivity contribution in [1.82, 2.24) is 9.97 Å². The maximum Gasteiger partial charge on any atom is 0.160 e. The average Bonchev–Trinajstić information content (AvgIpc) is 3.44. The molecule has 1 aliphatic rings. The van der Waals surface area contributed by atoms with Crippen molar-refractivity contribution in [3.8, 4) is 78.4 Å². The van der Waals surface area contributed by atoms with Gasteiger partial charge in [0.15, 0.2) is 5.82 Å². The molecular formula is C49H36N2. The van der Waals surface area contributed by atoms with E-state index in [1.807, 2.05) is 12.1 Å². The third kappa shape index (κ3) is 5.65. The largest absolute Gasteiger partial charge is 0.228 e. The molecule has 2 nitrogen and oxygen atoms in total. The SMILES string of the molecule is CC1(C)c2ccccc2-c2cc(-c3cccc(-c4ccc(-c5nc(-c6ccccc6)cc(-c6ccc(-c7ccccc7)cc6)n5)cc4)c3)ccc21. The number of hydrogen-bond donors (Lipinski definition) is 0. The molecule has 9 rings (SSSR count). The Balaban J connectivity index is 1.04. The van der Waals surface area contributed by atoms with Crippen LogP contribution < -0.4 is 0 Å². The fourth-order valence-electron chi connectivity index (χ4n) is 7.53.